The summed E-state index contributed by atoms with van der Waals surface area (Å²) in [5, 5.41) is 30.8. The number of H-pyrrole nitrogens is 2. The lowest BCUT2D eigenvalue weighted by molar-refractivity contribution is 0.530. The maximum atomic E-state index is 11.5. The van der Waals surface area contributed by atoms with Gasteiger partial charge >= 0.3 is 5.69 Å². The number of imidazole rings is 2. The fraction of sp³-hybridized carbons (Fsp3) is 0.297. The van der Waals surface area contributed by atoms with E-state index >= 15 is 0 Å². The van der Waals surface area contributed by atoms with Crippen LogP contribution in [0.4, 0.5) is 0 Å². The average molecular weight is 1800 g/mol. The quantitative estimate of drug-likeness (QED) is 0.124. The molecule has 21 nitrogen and oxygen atoms in total. The number of pyridine rings is 4. The van der Waals surface area contributed by atoms with Gasteiger partial charge in [-0.1, -0.05) is 156 Å². The van der Waals surface area contributed by atoms with Gasteiger partial charge in [0.15, 0.2) is 0 Å². The lowest BCUT2D eigenvalue weighted by Gasteiger charge is -2.08. The highest BCUT2D eigenvalue weighted by Gasteiger charge is 2.15. The topological polar surface area (TPSA) is 217 Å². The molecule has 0 fully saturated rings. The van der Waals surface area contributed by atoms with E-state index in [9.17, 15) is 4.79 Å². The molecule has 0 bridgehead atoms. The molecule has 0 saturated heterocycles. The van der Waals surface area contributed by atoms with Gasteiger partial charge in [-0.25, -0.2) is 19.4 Å². The van der Waals surface area contributed by atoms with Crippen LogP contribution in [0.25, 0.3) is 120 Å². The minimum atomic E-state index is -0.0313. The summed E-state index contributed by atoms with van der Waals surface area (Å²) in [6, 6.07) is 81.2. The normalized spacial score (nSPS) is 11.3. The van der Waals surface area contributed by atoms with Gasteiger partial charge < -0.3 is 32.2 Å². The van der Waals surface area contributed by atoms with Gasteiger partial charge in [-0.2, -0.15) is 10.2 Å². The zero-order chi connectivity index (χ0) is 94.9. The Kier molecular flexibility index (Phi) is 34.3. The Hall–Kier alpha value is -14.1. The number of nitrogens with one attached hydrogen (secondary N) is 2. The number of aromatic amines is 2. The molecule has 15 heterocycles. The number of rotatable bonds is 11. The molecule has 133 heavy (non-hydrogen) atoms. The standard InChI is InChI=1S/C11H12O.C11H12S.C10H12N2O.7C10H12N2.C9H11N3/c2*1-8(2)10-7-12-11-6-4-3-5-9(10)11;1-7(2)12-9-6-4-3-5-8(9)11-10(12)13;1-8(2)12-6-4-9-7-11-5-3-10(9)12;1-8(2)12-6-4-9-3-5-11-7-10(9)12;1-8(2)12-7-5-9-10(12)4-3-6-11-9;1-8(2)12-7-5-9-4-3-6-11-10(9)12;1-8(2)12-7-11-9-5-3-4-6-10(9)12;1-8(2)12-10-6-4-3-5-9(10)7-11-12;1-7(2)10-8-5-3-4-6-9(8)11-12-10;1-7(2)12-9-6-4-3-5-8(9)10-11-12/h2*3-8H,1-2H3;3-7H,1-2H3,(H,11,13);6*3-8H,1-2H3;3-7H,1-2H3,(H,11,12);3-7H,1-2H3. The fourth-order valence-electron chi connectivity index (χ4n) is 15.7. The third kappa shape index (κ3) is 24.8. The van der Waals surface area contributed by atoms with Crippen LogP contribution in [-0.2, 0) is 0 Å². The lowest BCUT2D eigenvalue weighted by Crippen LogP contribution is -2.18. The number of benzene rings is 7. The van der Waals surface area contributed by atoms with Crippen LogP contribution in [0.15, 0.2) is 326 Å². The Bertz CT molecular complexity index is 6080. The van der Waals surface area contributed by atoms with Gasteiger partial charge in [-0.05, 0) is 266 Å². The molecule has 0 spiro atoms. The molecule has 22 rings (SSSR count). The first kappa shape index (κ1) is 97.9. The first-order valence-corrected chi connectivity index (χ1v) is 47.3. The first-order valence-electron chi connectivity index (χ1n) is 46.4. The third-order valence-corrected chi connectivity index (χ3v) is 23.6. The van der Waals surface area contributed by atoms with Crippen molar-refractivity contribution in [1.29, 1.82) is 0 Å². The summed E-state index contributed by atoms with van der Waals surface area (Å²) >= 11 is 1.84. The molecule has 0 saturated carbocycles. The van der Waals surface area contributed by atoms with E-state index in [0.717, 1.165) is 49.8 Å². The molecule has 688 valence electrons. The number of furan rings is 1. The molecular formula is C111H131N19O2S. The van der Waals surface area contributed by atoms with Gasteiger partial charge in [0, 0.05) is 152 Å². The van der Waals surface area contributed by atoms with Crippen molar-refractivity contribution in [2.75, 3.05) is 0 Å². The van der Waals surface area contributed by atoms with E-state index < -0.39 is 0 Å². The van der Waals surface area contributed by atoms with E-state index in [1.54, 1.807) is 4.57 Å². The predicted octanol–water partition coefficient (Wildman–Crippen LogP) is 29.9. The van der Waals surface area contributed by atoms with E-state index in [1.807, 2.05) is 224 Å². The van der Waals surface area contributed by atoms with Crippen LogP contribution in [0.5, 0.6) is 0 Å². The number of nitrogens with zero attached hydrogens (tertiary/aromatic N) is 17. The number of hydrogen-bond acceptors (Lipinski definition) is 12. The van der Waals surface area contributed by atoms with Crippen LogP contribution in [-0.4, -0.2) is 92.3 Å². The zero-order valence-electron chi connectivity index (χ0n) is 81.2. The van der Waals surface area contributed by atoms with Crippen LogP contribution in [0, 0.1) is 0 Å². The molecule has 0 aliphatic carbocycles. The summed E-state index contributed by atoms with van der Waals surface area (Å²) in [7, 11) is 0. The van der Waals surface area contributed by atoms with Crippen LogP contribution in [0.2, 0.25) is 0 Å². The van der Waals surface area contributed by atoms with E-state index in [-0.39, 0.29) is 11.7 Å². The first-order chi connectivity index (χ1) is 64.1. The fourth-order valence-corrected chi connectivity index (χ4v) is 16.8. The van der Waals surface area contributed by atoms with Crippen molar-refractivity contribution in [3.05, 3.63) is 344 Å². The lowest BCUT2D eigenvalue weighted by atomic mass is 10.0. The molecule has 2 N–H and O–H groups in total. The van der Waals surface area contributed by atoms with E-state index in [1.165, 1.54) is 86.8 Å². The van der Waals surface area contributed by atoms with Crippen molar-refractivity contribution < 1.29 is 4.42 Å². The molecule has 22 aromatic rings. The molecule has 22 heteroatoms. The second kappa shape index (κ2) is 46.6. The van der Waals surface area contributed by atoms with Gasteiger partial charge in [0.1, 0.15) is 16.7 Å². The largest absolute Gasteiger partial charge is 0.464 e. The molecule has 0 aliphatic heterocycles. The Morgan fingerprint density at radius 1 is 0.346 bits per heavy atom. The maximum Gasteiger partial charge on any atom is 0.326 e. The highest BCUT2D eigenvalue weighted by Crippen LogP contribution is 2.32. The number of thiophene rings is 1. The Labute approximate surface area is 785 Å². The third-order valence-electron chi connectivity index (χ3n) is 22.6. The van der Waals surface area contributed by atoms with Crippen molar-refractivity contribution in [2.24, 2.45) is 0 Å². The monoisotopic (exact) mass is 1790 g/mol. The van der Waals surface area contributed by atoms with Crippen molar-refractivity contribution in [3.63, 3.8) is 0 Å². The molecule has 0 amide bonds. The summed E-state index contributed by atoms with van der Waals surface area (Å²) < 4.78 is 23.6. The van der Waals surface area contributed by atoms with Crippen LogP contribution >= 0.6 is 11.3 Å². The second-order valence-electron chi connectivity index (χ2n) is 36.0. The minimum Gasteiger partial charge on any atom is -0.464 e. The van der Waals surface area contributed by atoms with E-state index in [0.29, 0.717) is 60.0 Å². The molecular weight excluding hydrogens is 1660 g/mol. The summed E-state index contributed by atoms with van der Waals surface area (Å²) in [5.74, 6) is 1.69. The Morgan fingerprint density at radius 2 is 0.857 bits per heavy atom. The smallest absolute Gasteiger partial charge is 0.326 e. The highest BCUT2D eigenvalue weighted by molar-refractivity contribution is 7.17. The number of fused-ring (bicyclic) bond motifs is 11. The zero-order valence-corrected chi connectivity index (χ0v) is 82.0. The van der Waals surface area contributed by atoms with Gasteiger partial charge in [0.25, 0.3) is 0 Å². The average Bonchev–Trinajstić information content (AvgIpc) is 1.65. The van der Waals surface area contributed by atoms with Crippen molar-refractivity contribution in [2.45, 2.75) is 218 Å². The molecule has 15 aromatic heterocycles. The van der Waals surface area contributed by atoms with Gasteiger partial charge in [-0.15, -0.1) is 16.4 Å². The molecule has 0 unspecified atom stereocenters. The summed E-state index contributed by atoms with van der Waals surface area (Å²) in [6.45, 7) is 47.4. The van der Waals surface area contributed by atoms with Crippen molar-refractivity contribution in [3.8, 4) is 0 Å². The highest BCUT2D eigenvalue weighted by atomic mass is 32.1. The Morgan fingerprint density at radius 3 is 1.54 bits per heavy atom. The predicted molar refractivity (Wildman–Crippen MR) is 558 cm³/mol. The van der Waals surface area contributed by atoms with Crippen LogP contribution < -0.4 is 5.69 Å². The van der Waals surface area contributed by atoms with E-state index in [4.69, 9.17) is 4.42 Å². The van der Waals surface area contributed by atoms with E-state index in [2.05, 4.69) is 344 Å². The molecule has 0 aliphatic rings. The van der Waals surface area contributed by atoms with Crippen LogP contribution in [0.3, 0.4) is 0 Å². The number of hydrogen-bond donors (Lipinski definition) is 2. The van der Waals surface area contributed by atoms with Crippen LogP contribution in [0.1, 0.15) is 235 Å². The van der Waals surface area contributed by atoms with Gasteiger partial charge in [-0.3, -0.25) is 29.3 Å². The summed E-state index contributed by atoms with van der Waals surface area (Å²) in [4.78, 5) is 35.4. The van der Waals surface area contributed by atoms with Gasteiger partial charge in [0.2, 0.25) is 0 Å². The summed E-state index contributed by atoms with van der Waals surface area (Å²) in [5.41, 5.74) is 19.3. The SMILES string of the molecule is CC(C)c1[nH]nc2ccccc12.CC(C)c1coc2ccccc12.CC(C)c1csc2ccccc12.CC(C)n1c(=O)[nH]c2ccccc21.CC(C)n1ccc2cccnc21.CC(C)n1ccc2ccncc21.CC(C)n1ccc2cnccc21.CC(C)n1ccc2ncccc21.CC(C)n1cnc2ccccc21.CC(C)n1ncc2ccccc21.CC(C)n1nnc2ccccc21. The second-order valence-corrected chi connectivity index (χ2v) is 36.9. The summed E-state index contributed by atoms with van der Waals surface area (Å²) in [6.07, 6.45) is 25.2. The maximum absolute atomic E-state index is 11.5. The molecule has 7 aromatic carbocycles. The number of para-hydroxylation sites is 8. The molecule has 0 radical (unpaired) electrons. The Balaban J connectivity index is 0.000000132. The van der Waals surface area contributed by atoms with Gasteiger partial charge in [0.05, 0.1) is 85.7 Å². The van der Waals surface area contributed by atoms with Crippen molar-refractivity contribution in [1.82, 2.24) is 92.3 Å². The minimum absolute atomic E-state index is 0.0313. The molecule has 0 atom stereocenters. The number of aromatic nitrogens is 19. The van der Waals surface area contributed by atoms with Crippen molar-refractivity contribution >= 4 is 131 Å².